The summed E-state index contributed by atoms with van der Waals surface area (Å²) in [5.41, 5.74) is 4.14. The molecule has 7 heteroatoms. The zero-order valence-electron chi connectivity index (χ0n) is 16.8. The molecule has 2 aliphatic heterocycles. The van der Waals surface area contributed by atoms with E-state index < -0.39 is 0 Å². The highest BCUT2D eigenvalue weighted by Crippen LogP contribution is 2.25. The molecule has 0 spiro atoms. The standard InChI is InChI=1S/C22H25N5O2/c1-4-18(26-8-7-23-15(2)12-26)6-5-17-9-20(29-22(28)10-17)19-14-27-13-16(3)24-11-21(27)25-19/h4-6,9,11,13-15,23H,1,7-8,10,12H2,2-3H3/b17-5-,18-6+/t15-/m1/s1. The van der Waals surface area contributed by atoms with Crippen molar-refractivity contribution >= 4 is 17.4 Å². The van der Waals surface area contributed by atoms with E-state index >= 15 is 0 Å². The fourth-order valence-corrected chi connectivity index (χ4v) is 3.59. The van der Waals surface area contributed by atoms with Gasteiger partial charge in [0, 0.05) is 43.8 Å². The van der Waals surface area contributed by atoms with Gasteiger partial charge in [0.15, 0.2) is 11.4 Å². The van der Waals surface area contributed by atoms with Gasteiger partial charge in [-0.2, -0.15) is 0 Å². The number of piperazine rings is 1. The van der Waals surface area contributed by atoms with Crippen LogP contribution in [-0.2, 0) is 9.53 Å². The molecule has 4 rings (SSSR count). The number of nitrogens with one attached hydrogen (secondary N) is 1. The average molecular weight is 391 g/mol. The molecule has 0 radical (unpaired) electrons. The summed E-state index contributed by atoms with van der Waals surface area (Å²) in [6, 6.07) is 0.434. The molecular weight excluding hydrogens is 366 g/mol. The Morgan fingerprint density at radius 1 is 1.41 bits per heavy atom. The normalized spacial score (nSPS) is 22.0. The minimum atomic E-state index is -0.288. The monoisotopic (exact) mass is 391 g/mol. The van der Waals surface area contributed by atoms with Gasteiger partial charge in [-0.25, -0.2) is 4.98 Å². The topological polar surface area (TPSA) is 71.8 Å². The van der Waals surface area contributed by atoms with Crippen molar-refractivity contribution in [2.45, 2.75) is 26.3 Å². The number of carbonyl (C=O) groups excluding carboxylic acids is 1. The van der Waals surface area contributed by atoms with E-state index in [-0.39, 0.29) is 12.4 Å². The molecule has 0 aromatic carbocycles. The van der Waals surface area contributed by atoms with E-state index in [1.807, 2.05) is 48.0 Å². The van der Waals surface area contributed by atoms with Crippen LogP contribution >= 0.6 is 0 Å². The number of hydrogen-bond acceptors (Lipinski definition) is 6. The maximum Gasteiger partial charge on any atom is 0.315 e. The number of allylic oxidation sites excluding steroid dienone is 4. The van der Waals surface area contributed by atoms with Gasteiger partial charge in [0.05, 0.1) is 18.3 Å². The summed E-state index contributed by atoms with van der Waals surface area (Å²) in [5, 5.41) is 3.44. The van der Waals surface area contributed by atoms with Crippen LogP contribution in [0.5, 0.6) is 0 Å². The molecule has 1 N–H and O–H groups in total. The van der Waals surface area contributed by atoms with Crippen LogP contribution in [0.15, 0.2) is 60.7 Å². The number of carbonyl (C=O) groups is 1. The molecule has 4 heterocycles. The van der Waals surface area contributed by atoms with Gasteiger partial charge in [0.25, 0.3) is 0 Å². The van der Waals surface area contributed by atoms with Crippen molar-refractivity contribution in [3.8, 4) is 0 Å². The van der Waals surface area contributed by atoms with E-state index in [9.17, 15) is 4.79 Å². The molecule has 0 aliphatic carbocycles. The number of rotatable bonds is 4. The summed E-state index contributed by atoms with van der Waals surface area (Å²) in [7, 11) is 0. The SMILES string of the molecule is C=C/C(=C\C=C1\C=C(c2cn3cc(C)ncc3n2)OC(=O)C1)N1CCN[C@H](C)C1. The smallest absolute Gasteiger partial charge is 0.315 e. The van der Waals surface area contributed by atoms with Crippen molar-refractivity contribution < 1.29 is 9.53 Å². The first-order chi connectivity index (χ1) is 14.0. The molecule has 150 valence electrons. The predicted molar refractivity (Wildman–Crippen MR) is 112 cm³/mol. The zero-order valence-corrected chi connectivity index (χ0v) is 16.8. The van der Waals surface area contributed by atoms with Crippen LogP contribution < -0.4 is 5.32 Å². The van der Waals surface area contributed by atoms with Crippen LogP contribution in [0.2, 0.25) is 0 Å². The lowest BCUT2D eigenvalue weighted by Crippen LogP contribution is -2.48. The number of esters is 1. The second kappa shape index (κ2) is 8.05. The molecule has 1 fully saturated rings. The minimum Gasteiger partial charge on any atom is -0.424 e. The van der Waals surface area contributed by atoms with Gasteiger partial charge in [-0.3, -0.25) is 9.78 Å². The Morgan fingerprint density at radius 2 is 2.28 bits per heavy atom. The Labute approximate surface area is 170 Å². The van der Waals surface area contributed by atoms with E-state index in [0.29, 0.717) is 23.1 Å². The number of hydrogen-bond donors (Lipinski definition) is 1. The first-order valence-electron chi connectivity index (χ1n) is 9.77. The van der Waals surface area contributed by atoms with Crippen LogP contribution in [0, 0.1) is 6.92 Å². The largest absolute Gasteiger partial charge is 0.424 e. The summed E-state index contributed by atoms with van der Waals surface area (Å²) in [4.78, 5) is 23.3. The van der Waals surface area contributed by atoms with Crippen molar-refractivity contribution in [3.05, 3.63) is 72.1 Å². The number of aryl methyl sites for hydroxylation is 1. The highest BCUT2D eigenvalue weighted by atomic mass is 16.5. The van der Waals surface area contributed by atoms with Gasteiger partial charge in [-0.1, -0.05) is 12.7 Å². The van der Waals surface area contributed by atoms with Crippen molar-refractivity contribution in [1.82, 2.24) is 24.6 Å². The third kappa shape index (κ3) is 4.30. The highest BCUT2D eigenvalue weighted by Gasteiger charge is 2.20. The van der Waals surface area contributed by atoms with Crippen LogP contribution in [0.4, 0.5) is 0 Å². The lowest BCUT2D eigenvalue weighted by molar-refractivity contribution is -0.136. The highest BCUT2D eigenvalue weighted by molar-refractivity contribution is 5.84. The molecule has 1 atom stereocenters. The Hall–Kier alpha value is -3.19. The number of cyclic esters (lactones) is 1. The number of nitrogens with zero attached hydrogens (tertiary/aromatic N) is 4. The van der Waals surface area contributed by atoms with Gasteiger partial charge < -0.3 is 19.4 Å². The number of aromatic nitrogens is 3. The Bertz CT molecular complexity index is 1050. The van der Waals surface area contributed by atoms with Crippen molar-refractivity contribution in [2.75, 3.05) is 19.6 Å². The van der Waals surface area contributed by atoms with Crippen molar-refractivity contribution in [1.29, 1.82) is 0 Å². The maximum absolute atomic E-state index is 12.2. The fraction of sp³-hybridized carbons (Fsp3) is 0.318. The number of fused-ring (bicyclic) bond motifs is 1. The van der Waals surface area contributed by atoms with Gasteiger partial charge in [0.1, 0.15) is 5.69 Å². The molecule has 1 saturated heterocycles. The quantitative estimate of drug-likeness (QED) is 0.638. The van der Waals surface area contributed by atoms with E-state index in [1.165, 1.54) is 0 Å². The molecule has 2 aromatic rings. The third-order valence-electron chi connectivity index (χ3n) is 5.02. The zero-order chi connectivity index (χ0) is 20.4. The average Bonchev–Trinajstić information content (AvgIpc) is 3.11. The van der Waals surface area contributed by atoms with Crippen molar-refractivity contribution in [2.24, 2.45) is 0 Å². The lowest BCUT2D eigenvalue weighted by atomic mass is 10.1. The van der Waals surface area contributed by atoms with E-state index in [2.05, 4.69) is 33.7 Å². The van der Waals surface area contributed by atoms with Crippen LogP contribution in [0.3, 0.4) is 0 Å². The summed E-state index contributed by atoms with van der Waals surface area (Å²) in [6.07, 6.45) is 13.4. The molecule has 7 nitrogen and oxygen atoms in total. The second-order valence-electron chi connectivity index (χ2n) is 7.42. The minimum absolute atomic E-state index is 0.233. The molecule has 0 amide bonds. The third-order valence-corrected chi connectivity index (χ3v) is 5.02. The molecular formula is C22H25N5O2. The van der Waals surface area contributed by atoms with E-state index in [1.54, 1.807) is 6.20 Å². The summed E-state index contributed by atoms with van der Waals surface area (Å²) in [6.45, 7) is 10.8. The Morgan fingerprint density at radius 3 is 3.07 bits per heavy atom. The number of imidazole rings is 1. The van der Waals surface area contributed by atoms with Gasteiger partial charge in [-0.15, -0.1) is 0 Å². The Kier molecular flexibility index (Phi) is 5.31. The molecule has 0 unspecified atom stereocenters. The summed E-state index contributed by atoms with van der Waals surface area (Å²) < 4.78 is 7.33. The molecule has 0 saturated carbocycles. The molecule has 29 heavy (non-hydrogen) atoms. The maximum atomic E-state index is 12.2. The lowest BCUT2D eigenvalue weighted by Gasteiger charge is -2.34. The first-order valence-corrected chi connectivity index (χ1v) is 9.77. The first kappa shape index (κ1) is 19.1. The molecule has 2 aliphatic rings. The molecule has 0 bridgehead atoms. The second-order valence-corrected chi connectivity index (χ2v) is 7.42. The van der Waals surface area contributed by atoms with Gasteiger partial charge in [0.2, 0.25) is 0 Å². The van der Waals surface area contributed by atoms with Crippen molar-refractivity contribution in [3.63, 3.8) is 0 Å². The van der Waals surface area contributed by atoms with Crippen LogP contribution in [-0.4, -0.2) is 50.9 Å². The van der Waals surface area contributed by atoms with Crippen LogP contribution in [0.25, 0.3) is 11.4 Å². The van der Waals surface area contributed by atoms with Crippen LogP contribution in [0.1, 0.15) is 24.7 Å². The fourth-order valence-electron chi connectivity index (χ4n) is 3.59. The van der Waals surface area contributed by atoms with Gasteiger partial charge in [-0.05, 0) is 37.6 Å². The number of ether oxygens (including phenoxy) is 1. The summed E-state index contributed by atoms with van der Waals surface area (Å²) >= 11 is 0. The summed E-state index contributed by atoms with van der Waals surface area (Å²) in [5.74, 6) is 0.169. The Balaban J connectivity index is 1.62. The molecule has 2 aromatic heterocycles. The predicted octanol–water partition coefficient (Wildman–Crippen LogP) is 2.62. The van der Waals surface area contributed by atoms with Gasteiger partial charge >= 0.3 is 5.97 Å². The van der Waals surface area contributed by atoms with E-state index in [0.717, 1.165) is 36.6 Å². The van der Waals surface area contributed by atoms with E-state index in [4.69, 9.17) is 4.74 Å².